The molecule has 0 spiro atoms. The molecule has 2 rings (SSSR count). The molecule has 0 amide bonds. The zero-order chi connectivity index (χ0) is 10.5. The van der Waals surface area contributed by atoms with Crippen LogP contribution in [0, 0.1) is 0 Å². The maximum Gasteiger partial charge on any atom is 1.00 e. The Morgan fingerprint density at radius 3 is 2.53 bits per heavy atom. The normalized spacial score (nSPS) is 10.3. The summed E-state index contributed by atoms with van der Waals surface area (Å²) < 4.78 is 2.26. The fourth-order valence-electron chi connectivity index (χ4n) is 1.30. The van der Waals surface area contributed by atoms with Crippen LogP contribution < -0.4 is 40.8 Å². The summed E-state index contributed by atoms with van der Waals surface area (Å²) in [5.41, 5.74) is -0.351. The van der Waals surface area contributed by atoms with Gasteiger partial charge in [-0.1, -0.05) is 0 Å². The predicted octanol–water partition coefficient (Wildman–Crippen LogP) is -3.27. The Morgan fingerprint density at radius 2 is 1.93 bits per heavy atom. The molecule has 8 heteroatoms. The molecule has 0 fully saturated rings. The zero-order valence-electron chi connectivity index (χ0n) is 9.54. The van der Waals surface area contributed by atoms with Crippen LogP contribution in [0.15, 0.2) is 9.59 Å². The third-order valence-electron chi connectivity index (χ3n) is 2.07. The minimum Gasteiger partial charge on any atom is -1.00 e. The Kier molecular flexibility index (Phi) is 3.44. The third-order valence-corrected chi connectivity index (χ3v) is 2.24. The van der Waals surface area contributed by atoms with Gasteiger partial charge in [-0.2, -0.15) is 4.98 Å². The number of hydrogen-bond donors (Lipinski definition) is 1. The van der Waals surface area contributed by atoms with E-state index in [9.17, 15) is 9.59 Å². The van der Waals surface area contributed by atoms with Gasteiger partial charge in [0.15, 0.2) is 11.2 Å². The average Bonchev–Trinajstić information content (AvgIpc) is 2.54. The van der Waals surface area contributed by atoms with Gasteiger partial charge in [-0.25, -0.2) is 4.79 Å². The third kappa shape index (κ3) is 1.78. The van der Waals surface area contributed by atoms with Gasteiger partial charge in [-0.15, -0.1) is 0 Å². The summed E-state index contributed by atoms with van der Waals surface area (Å²) in [4.78, 5) is 29.4. The van der Waals surface area contributed by atoms with Crippen molar-refractivity contribution < 1.29 is 31.0 Å². The Balaban J connectivity index is 0.00000112. The van der Waals surface area contributed by atoms with Crippen LogP contribution in [0.3, 0.4) is 0 Å². The molecule has 0 saturated heterocycles. The molecule has 6 nitrogen and oxygen atoms in total. The molecule has 0 aliphatic carbocycles. The fraction of sp³-hybridized carbons (Fsp3) is 0.286. The first-order valence-corrected chi connectivity index (χ1v) is 4.21. The van der Waals surface area contributed by atoms with Gasteiger partial charge in [-0.05, 0) is 11.6 Å². The molecule has 2 aromatic rings. The molecular formula is C7H8ClN4NaO2. The van der Waals surface area contributed by atoms with Gasteiger partial charge in [-0.3, -0.25) is 13.9 Å². The van der Waals surface area contributed by atoms with Crippen LogP contribution >= 0.6 is 11.6 Å². The summed E-state index contributed by atoms with van der Waals surface area (Å²) in [7, 11) is 2.93. The molecule has 1 N–H and O–H groups in total. The van der Waals surface area contributed by atoms with E-state index in [0.29, 0.717) is 0 Å². The molecule has 0 aliphatic heterocycles. The summed E-state index contributed by atoms with van der Waals surface area (Å²) in [5, 5.41) is 0.0956. The number of nitrogens with one attached hydrogen (secondary N) is 1. The number of nitrogens with zero attached hydrogens (tertiary/aromatic N) is 3. The van der Waals surface area contributed by atoms with E-state index in [1.165, 1.54) is 18.7 Å². The van der Waals surface area contributed by atoms with E-state index >= 15 is 0 Å². The van der Waals surface area contributed by atoms with Crippen molar-refractivity contribution in [2.45, 2.75) is 0 Å². The van der Waals surface area contributed by atoms with Crippen LogP contribution in [0.1, 0.15) is 1.43 Å². The number of aromatic nitrogens is 4. The molecule has 15 heavy (non-hydrogen) atoms. The molecule has 0 atom stereocenters. The summed E-state index contributed by atoms with van der Waals surface area (Å²) >= 11 is 5.60. The summed E-state index contributed by atoms with van der Waals surface area (Å²) in [5.74, 6) is 0. The number of halogens is 1. The van der Waals surface area contributed by atoms with Crippen molar-refractivity contribution >= 4 is 22.8 Å². The van der Waals surface area contributed by atoms with Gasteiger partial charge in [0.05, 0.1) is 0 Å². The van der Waals surface area contributed by atoms with Crippen LogP contribution in [0.25, 0.3) is 11.2 Å². The van der Waals surface area contributed by atoms with Crippen molar-refractivity contribution in [1.29, 1.82) is 0 Å². The monoisotopic (exact) mass is 238 g/mol. The summed E-state index contributed by atoms with van der Waals surface area (Å²) in [6.45, 7) is 0. The van der Waals surface area contributed by atoms with Crippen molar-refractivity contribution in [3.05, 3.63) is 26.1 Å². The number of imidazole rings is 1. The molecule has 0 saturated carbocycles. The van der Waals surface area contributed by atoms with Gasteiger partial charge in [0.2, 0.25) is 5.28 Å². The number of aromatic amines is 1. The largest absolute Gasteiger partial charge is 1.00 e. The maximum absolute atomic E-state index is 11.5. The SMILES string of the molecule is Cn1c(=O)c2[nH]c(Cl)nc2n(C)c1=O.[H-].[Na+]. The molecular weight excluding hydrogens is 231 g/mol. The van der Waals surface area contributed by atoms with Crippen molar-refractivity contribution in [3.63, 3.8) is 0 Å². The Hall–Kier alpha value is -0.560. The minimum absolute atomic E-state index is 0. The van der Waals surface area contributed by atoms with Gasteiger partial charge >= 0.3 is 35.2 Å². The van der Waals surface area contributed by atoms with E-state index in [2.05, 4.69) is 9.97 Å². The first-order valence-electron chi connectivity index (χ1n) is 3.83. The Morgan fingerprint density at radius 1 is 1.33 bits per heavy atom. The van der Waals surface area contributed by atoms with E-state index in [4.69, 9.17) is 11.6 Å². The molecule has 2 aromatic heterocycles. The smallest absolute Gasteiger partial charge is 1.00 e. The number of aryl methyl sites for hydroxylation is 1. The second-order valence-electron chi connectivity index (χ2n) is 2.93. The van der Waals surface area contributed by atoms with Gasteiger partial charge in [0.25, 0.3) is 5.56 Å². The van der Waals surface area contributed by atoms with Crippen LogP contribution in [0.2, 0.25) is 5.28 Å². The van der Waals surface area contributed by atoms with E-state index in [0.717, 1.165) is 4.57 Å². The predicted molar refractivity (Wildman–Crippen MR) is 52.7 cm³/mol. The van der Waals surface area contributed by atoms with E-state index < -0.39 is 11.2 Å². The number of fused-ring (bicyclic) bond motifs is 1. The second kappa shape index (κ2) is 4.13. The van der Waals surface area contributed by atoms with Gasteiger partial charge in [0, 0.05) is 14.1 Å². The van der Waals surface area contributed by atoms with Crippen LogP contribution in [0.5, 0.6) is 0 Å². The zero-order valence-corrected chi connectivity index (χ0v) is 11.3. The Labute approximate surface area is 113 Å². The minimum atomic E-state index is -0.428. The number of hydrogen-bond acceptors (Lipinski definition) is 3. The summed E-state index contributed by atoms with van der Waals surface area (Å²) in [6.07, 6.45) is 0. The molecule has 76 valence electrons. The molecule has 0 aliphatic rings. The fourth-order valence-corrected chi connectivity index (χ4v) is 1.47. The molecule has 0 aromatic carbocycles. The molecule has 0 unspecified atom stereocenters. The van der Waals surface area contributed by atoms with Crippen LogP contribution in [-0.2, 0) is 14.1 Å². The van der Waals surface area contributed by atoms with Crippen molar-refractivity contribution in [3.8, 4) is 0 Å². The first-order chi connectivity index (χ1) is 6.52. The number of H-pyrrole nitrogens is 1. The second-order valence-corrected chi connectivity index (χ2v) is 3.29. The molecule has 0 radical (unpaired) electrons. The quantitative estimate of drug-likeness (QED) is 0.387. The first kappa shape index (κ1) is 12.5. The average molecular weight is 239 g/mol. The van der Waals surface area contributed by atoms with Crippen molar-refractivity contribution in [2.24, 2.45) is 14.1 Å². The number of rotatable bonds is 0. The van der Waals surface area contributed by atoms with Gasteiger partial charge in [0.1, 0.15) is 0 Å². The Bertz CT molecular complexity index is 632. The standard InChI is InChI=1S/C7H7ClN4O2.Na.H/c1-11-4-3(9-6(8)10-4)5(13)12(2)7(11)14;;/h1-2H3,(H,9,10);;/q;+1;-1. The van der Waals surface area contributed by atoms with Crippen molar-refractivity contribution in [1.82, 2.24) is 19.1 Å². The molecule has 0 bridgehead atoms. The van der Waals surface area contributed by atoms with Crippen molar-refractivity contribution in [2.75, 3.05) is 0 Å². The van der Waals surface area contributed by atoms with E-state index in [1.54, 1.807) is 0 Å². The molecule has 2 heterocycles. The topological polar surface area (TPSA) is 72.7 Å². The maximum atomic E-state index is 11.5. The van der Waals surface area contributed by atoms with Crippen LogP contribution in [0.4, 0.5) is 0 Å². The summed E-state index contributed by atoms with van der Waals surface area (Å²) in [6, 6.07) is 0. The van der Waals surface area contributed by atoms with Gasteiger partial charge < -0.3 is 6.41 Å². The van der Waals surface area contributed by atoms with E-state index in [1.807, 2.05) is 0 Å². The van der Waals surface area contributed by atoms with Crippen LogP contribution in [-0.4, -0.2) is 19.1 Å². The van der Waals surface area contributed by atoms with E-state index in [-0.39, 0.29) is 47.4 Å².